The molecule has 1 unspecified atom stereocenters. The molecule has 6 nitrogen and oxygen atoms in total. The summed E-state index contributed by atoms with van der Waals surface area (Å²) >= 11 is 0. The Balaban J connectivity index is 2.01. The molecule has 0 spiro atoms. The third kappa shape index (κ3) is 4.04. The Kier molecular flexibility index (Phi) is 4.93. The van der Waals surface area contributed by atoms with Crippen LogP contribution in [-0.2, 0) is 11.3 Å². The number of aromatic nitrogens is 2. The molecular weight excluding hydrogens is 242 g/mol. The summed E-state index contributed by atoms with van der Waals surface area (Å²) in [5.41, 5.74) is 5.79. The minimum Gasteiger partial charge on any atom is -0.384 e. The fourth-order valence-electron chi connectivity index (χ4n) is 2.45. The Morgan fingerprint density at radius 2 is 2.37 bits per heavy atom. The number of rotatable bonds is 5. The predicted molar refractivity (Wildman–Crippen MR) is 75.9 cm³/mol. The van der Waals surface area contributed by atoms with E-state index in [2.05, 4.69) is 27.1 Å². The summed E-state index contributed by atoms with van der Waals surface area (Å²) in [5.74, 6) is 1.89. The van der Waals surface area contributed by atoms with Crippen LogP contribution in [0.1, 0.15) is 25.6 Å². The number of anilines is 2. The maximum atomic E-state index is 5.79. The van der Waals surface area contributed by atoms with Crippen molar-refractivity contribution < 1.29 is 4.74 Å². The first kappa shape index (κ1) is 14.0. The average molecular weight is 265 g/mol. The molecule has 2 rings (SSSR count). The molecule has 0 radical (unpaired) electrons. The molecule has 19 heavy (non-hydrogen) atoms. The van der Waals surface area contributed by atoms with E-state index in [1.54, 1.807) is 13.2 Å². The van der Waals surface area contributed by atoms with Gasteiger partial charge in [-0.1, -0.05) is 6.92 Å². The molecule has 1 aliphatic rings. The lowest BCUT2D eigenvalue weighted by Gasteiger charge is -2.32. The summed E-state index contributed by atoms with van der Waals surface area (Å²) in [7, 11) is 1.62. The van der Waals surface area contributed by atoms with Crippen LogP contribution >= 0.6 is 0 Å². The van der Waals surface area contributed by atoms with Gasteiger partial charge in [-0.25, -0.2) is 9.97 Å². The van der Waals surface area contributed by atoms with Crippen molar-refractivity contribution in [3.05, 3.63) is 11.9 Å². The Morgan fingerprint density at radius 1 is 1.53 bits per heavy atom. The third-order valence-corrected chi connectivity index (χ3v) is 3.37. The highest BCUT2D eigenvalue weighted by Gasteiger charge is 2.19. The lowest BCUT2D eigenvalue weighted by atomic mass is 10.1. The van der Waals surface area contributed by atoms with E-state index < -0.39 is 0 Å². The minimum absolute atomic E-state index is 0.380. The van der Waals surface area contributed by atoms with Crippen LogP contribution in [0.25, 0.3) is 0 Å². The summed E-state index contributed by atoms with van der Waals surface area (Å²) in [6.45, 7) is 5.92. The number of likely N-dealkylation sites (N-methyl/N-ethyl adjacent to an activating group) is 1. The van der Waals surface area contributed by atoms with Crippen LogP contribution in [0.15, 0.2) is 6.07 Å². The zero-order valence-corrected chi connectivity index (χ0v) is 11.7. The van der Waals surface area contributed by atoms with Crippen molar-refractivity contribution >= 4 is 11.6 Å². The van der Waals surface area contributed by atoms with Gasteiger partial charge in [-0.15, -0.1) is 0 Å². The number of nitrogens with zero attached hydrogens (tertiary/aromatic N) is 3. The number of nitrogens with two attached hydrogens (primary N) is 1. The molecule has 106 valence electrons. The zero-order chi connectivity index (χ0) is 13.7. The molecule has 6 heteroatoms. The van der Waals surface area contributed by atoms with Crippen LogP contribution in [0.2, 0.25) is 0 Å². The summed E-state index contributed by atoms with van der Waals surface area (Å²) in [4.78, 5) is 11.0. The highest BCUT2D eigenvalue weighted by molar-refractivity contribution is 5.45. The van der Waals surface area contributed by atoms with Gasteiger partial charge in [0, 0.05) is 25.8 Å². The van der Waals surface area contributed by atoms with Gasteiger partial charge in [0.1, 0.15) is 18.2 Å². The van der Waals surface area contributed by atoms with E-state index in [-0.39, 0.29) is 0 Å². The van der Waals surface area contributed by atoms with Crippen LogP contribution in [0.5, 0.6) is 0 Å². The van der Waals surface area contributed by atoms with Gasteiger partial charge in [0.2, 0.25) is 0 Å². The molecule has 0 bridgehead atoms. The molecule has 1 atom stereocenters. The topological polar surface area (TPSA) is 76.3 Å². The maximum Gasteiger partial charge on any atom is 0.158 e. The molecule has 0 amide bonds. The van der Waals surface area contributed by atoms with Crippen LogP contribution in [-0.4, -0.2) is 47.7 Å². The van der Waals surface area contributed by atoms with Gasteiger partial charge in [0.05, 0.1) is 0 Å². The predicted octanol–water partition coefficient (Wildman–Crippen LogP) is 1.10. The summed E-state index contributed by atoms with van der Waals surface area (Å²) in [5, 5.41) is 3.46. The van der Waals surface area contributed by atoms with Gasteiger partial charge in [0.25, 0.3) is 0 Å². The zero-order valence-electron chi connectivity index (χ0n) is 11.7. The van der Waals surface area contributed by atoms with Crippen molar-refractivity contribution in [1.29, 1.82) is 0 Å². The van der Waals surface area contributed by atoms with Crippen molar-refractivity contribution in [3.8, 4) is 0 Å². The van der Waals surface area contributed by atoms with Crippen LogP contribution < -0.4 is 11.1 Å². The molecule has 3 N–H and O–H groups in total. The van der Waals surface area contributed by atoms with E-state index in [0.29, 0.717) is 24.3 Å². The fourth-order valence-corrected chi connectivity index (χ4v) is 2.45. The fraction of sp³-hybridized carbons (Fsp3) is 0.692. The molecule has 1 aromatic heterocycles. The molecule has 0 aliphatic carbocycles. The van der Waals surface area contributed by atoms with Gasteiger partial charge in [-0.05, 0) is 25.9 Å². The summed E-state index contributed by atoms with van der Waals surface area (Å²) < 4.78 is 5.05. The largest absolute Gasteiger partial charge is 0.384 e. The van der Waals surface area contributed by atoms with E-state index in [4.69, 9.17) is 10.5 Å². The van der Waals surface area contributed by atoms with E-state index in [0.717, 1.165) is 18.9 Å². The Hall–Kier alpha value is -1.40. The minimum atomic E-state index is 0.380. The molecule has 1 saturated heterocycles. The Labute approximate surface area is 114 Å². The maximum absolute atomic E-state index is 5.79. The number of likely N-dealkylation sites (tertiary alicyclic amines) is 1. The summed E-state index contributed by atoms with van der Waals surface area (Å²) in [6, 6.07) is 2.21. The summed E-state index contributed by atoms with van der Waals surface area (Å²) in [6.07, 6.45) is 2.39. The molecular formula is C13H23N5O. The second-order valence-corrected chi connectivity index (χ2v) is 4.90. The van der Waals surface area contributed by atoms with Crippen molar-refractivity contribution in [2.45, 2.75) is 32.4 Å². The number of methoxy groups -OCH3 is 1. The highest BCUT2D eigenvalue weighted by atomic mass is 16.5. The van der Waals surface area contributed by atoms with Gasteiger partial charge in [-0.3, -0.25) is 0 Å². The second kappa shape index (κ2) is 6.68. The number of nitrogens with one attached hydrogen (secondary N) is 1. The van der Waals surface area contributed by atoms with Crippen molar-refractivity contribution in [2.75, 3.05) is 37.8 Å². The molecule has 2 heterocycles. The smallest absolute Gasteiger partial charge is 0.158 e. The van der Waals surface area contributed by atoms with Crippen LogP contribution in [0, 0.1) is 0 Å². The van der Waals surface area contributed by atoms with E-state index in [9.17, 15) is 0 Å². The molecule has 0 aromatic carbocycles. The van der Waals surface area contributed by atoms with E-state index in [1.165, 1.54) is 19.4 Å². The van der Waals surface area contributed by atoms with Crippen LogP contribution in [0.4, 0.5) is 11.6 Å². The van der Waals surface area contributed by atoms with Gasteiger partial charge in [0.15, 0.2) is 5.82 Å². The van der Waals surface area contributed by atoms with E-state index >= 15 is 0 Å². The Bertz CT molecular complexity index is 412. The monoisotopic (exact) mass is 265 g/mol. The standard InChI is InChI=1S/C13H23N5O/c1-3-18-6-4-5-10(8-18)15-12-7-11(14)16-13(17-12)9-19-2/h7,10H,3-6,8-9H2,1-2H3,(H3,14,15,16,17). The van der Waals surface area contributed by atoms with E-state index in [1.807, 2.05) is 0 Å². The first-order valence-corrected chi connectivity index (χ1v) is 6.82. The number of hydrogen-bond acceptors (Lipinski definition) is 6. The highest BCUT2D eigenvalue weighted by Crippen LogP contribution is 2.16. The first-order valence-electron chi connectivity index (χ1n) is 6.82. The SMILES string of the molecule is CCN1CCCC(Nc2cc(N)nc(COC)n2)C1. The van der Waals surface area contributed by atoms with Gasteiger partial charge < -0.3 is 20.7 Å². The molecule has 1 fully saturated rings. The molecule has 1 aliphatic heterocycles. The Morgan fingerprint density at radius 3 is 3.11 bits per heavy atom. The number of piperidine rings is 1. The normalized spacial score (nSPS) is 20.4. The lowest BCUT2D eigenvalue weighted by Crippen LogP contribution is -2.42. The van der Waals surface area contributed by atoms with Crippen LogP contribution in [0.3, 0.4) is 0 Å². The average Bonchev–Trinajstić information content (AvgIpc) is 2.38. The lowest BCUT2D eigenvalue weighted by molar-refractivity contribution is 0.178. The number of nitrogen functional groups attached to an aromatic ring is 1. The van der Waals surface area contributed by atoms with Gasteiger partial charge >= 0.3 is 0 Å². The third-order valence-electron chi connectivity index (χ3n) is 3.37. The number of hydrogen-bond donors (Lipinski definition) is 2. The number of ether oxygens (including phenoxy) is 1. The van der Waals surface area contributed by atoms with Crippen molar-refractivity contribution in [1.82, 2.24) is 14.9 Å². The quantitative estimate of drug-likeness (QED) is 0.830. The molecule has 0 saturated carbocycles. The van der Waals surface area contributed by atoms with Gasteiger partial charge in [-0.2, -0.15) is 0 Å². The second-order valence-electron chi connectivity index (χ2n) is 4.90. The van der Waals surface area contributed by atoms with Crippen molar-refractivity contribution in [3.63, 3.8) is 0 Å². The first-order chi connectivity index (χ1) is 9.21. The molecule has 1 aromatic rings. The van der Waals surface area contributed by atoms with Crippen molar-refractivity contribution in [2.24, 2.45) is 0 Å².